The lowest BCUT2D eigenvalue weighted by Gasteiger charge is -2.17. The van der Waals surface area contributed by atoms with Crippen LogP contribution in [0.15, 0.2) is 54.6 Å². The Morgan fingerprint density at radius 2 is 1.83 bits per heavy atom. The van der Waals surface area contributed by atoms with Gasteiger partial charge in [0.2, 0.25) is 0 Å². The summed E-state index contributed by atoms with van der Waals surface area (Å²) in [4.78, 5) is 14.6. The van der Waals surface area contributed by atoms with Gasteiger partial charge in [-0.2, -0.15) is 0 Å². The molecule has 2 aromatic rings. The maximum absolute atomic E-state index is 12.2. The van der Waals surface area contributed by atoms with Gasteiger partial charge in [0.1, 0.15) is 5.75 Å². The summed E-state index contributed by atoms with van der Waals surface area (Å²) in [6.45, 7) is 2.28. The summed E-state index contributed by atoms with van der Waals surface area (Å²) < 4.78 is 5.15. The lowest BCUT2D eigenvalue weighted by molar-refractivity contribution is 0.104. The highest BCUT2D eigenvalue weighted by atomic mass is 16.5. The average molecular weight is 307 g/mol. The molecule has 1 heterocycles. The molecule has 0 aromatic heterocycles. The molecule has 0 N–H and O–H groups in total. The fraction of sp³-hybridized carbons (Fsp3) is 0.250. The van der Waals surface area contributed by atoms with Gasteiger partial charge in [-0.25, -0.2) is 0 Å². The topological polar surface area (TPSA) is 29.5 Å². The zero-order valence-corrected chi connectivity index (χ0v) is 13.4. The van der Waals surface area contributed by atoms with Gasteiger partial charge in [-0.05, 0) is 48.7 Å². The first-order valence-corrected chi connectivity index (χ1v) is 7.98. The van der Waals surface area contributed by atoms with E-state index in [0.717, 1.165) is 18.7 Å². The van der Waals surface area contributed by atoms with Crippen molar-refractivity contribution in [3.05, 3.63) is 65.7 Å². The largest absolute Gasteiger partial charge is 0.497 e. The van der Waals surface area contributed by atoms with Crippen LogP contribution in [0.5, 0.6) is 5.75 Å². The number of carbonyl (C=O) groups is 1. The van der Waals surface area contributed by atoms with Gasteiger partial charge < -0.3 is 9.64 Å². The predicted octanol–water partition coefficient (Wildman–Crippen LogP) is 4.19. The van der Waals surface area contributed by atoms with Crippen LogP contribution in [0.25, 0.3) is 6.08 Å². The zero-order chi connectivity index (χ0) is 16.1. The van der Waals surface area contributed by atoms with Crippen LogP contribution in [0.3, 0.4) is 0 Å². The minimum absolute atomic E-state index is 0.0208. The molecule has 0 bridgehead atoms. The molecular weight excluding hydrogens is 286 g/mol. The first-order valence-electron chi connectivity index (χ1n) is 7.98. The third-order valence-electron chi connectivity index (χ3n) is 4.15. The fourth-order valence-corrected chi connectivity index (χ4v) is 2.82. The molecular formula is C20H21NO2. The summed E-state index contributed by atoms with van der Waals surface area (Å²) >= 11 is 0. The molecule has 3 heteroatoms. The Morgan fingerprint density at radius 1 is 1.09 bits per heavy atom. The summed E-state index contributed by atoms with van der Waals surface area (Å²) in [6, 6.07) is 15.6. The second kappa shape index (κ2) is 7.14. The van der Waals surface area contributed by atoms with E-state index in [0.29, 0.717) is 11.3 Å². The van der Waals surface area contributed by atoms with Crippen molar-refractivity contribution in [2.75, 3.05) is 25.1 Å². The Morgan fingerprint density at radius 3 is 2.52 bits per heavy atom. The maximum atomic E-state index is 12.2. The second-order valence-electron chi connectivity index (χ2n) is 5.72. The Bertz CT molecular complexity index is 698. The van der Waals surface area contributed by atoms with Crippen LogP contribution in [0, 0.1) is 0 Å². The molecule has 118 valence electrons. The Hall–Kier alpha value is -2.55. The van der Waals surface area contributed by atoms with Crippen molar-refractivity contribution in [3.8, 4) is 5.75 Å². The van der Waals surface area contributed by atoms with Crippen molar-refractivity contribution in [3.63, 3.8) is 0 Å². The first kappa shape index (κ1) is 15.3. The molecule has 0 amide bonds. The summed E-state index contributed by atoms with van der Waals surface area (Å²) in [5.41, 5.74) is 2.93. The lowest BCUT2D eigenvalue weighted by atomic mass is 10.1. The summed E-state index contributed by atoms with van der Waals surface area (Å²) in [7, 11) is 1.60. The number of ketones is 1. The molecule has 0 atom stereocenters. The van der Waals surface area contributed by atoms with E-state index in [9.17, 15) is 4.79 Å². The van der Waals surface area contributed by atoms with Crippen molar-refractivity contribution < 1.29 is 9.53 Å². The number of ether oxygens (including phenoxy) is 1. The summed E-state index contributed by atoms with van der Waals surface area (Å²) in [5.74, 6) is 0.673. The Labute approximate surface area is 137 Å². The molecule has 0 aliphatic carbocycles. The van der Waals surface area contributed by atoms with E-state index in [1.54, 1.807) is 25.3 Å². The third kappa shape index (κ3) is 3.81. The number of anilines is 1. The van der Waals surface area contributed by atoms with Crippen molar-refractivity contribution >= 4 is 17.5 Å². The van der Waals surface area contributed by atoms with Crippen molar-refractivity contribution in [2.24, 2.45) is 0 Å². The van der Waals surface area contributed by atoms with Crippen LogP contribution >= 0.6 is 0 Å². The van der Waals surface area contributed by atoms with Crippen LogP contribution in [0.1, 0.15) is 28.8 Å². The van der Waals surface area contributed by atoms with Crippen molar-refractivity contribution in [1.29, 1.82) is 0 Å². The molecule has 1 aliphatic heterocycles. The standard InChI is InChI=1S/C20H21NO2/c1-23-19-6-4-5-17(15-19)20(22)12-9-16-7-10-18(11-8-16)21-13-2-3-14-21/h4-12,15H,2-3,13-14H2,1H3/b12-9+. The Kier molecular flexibility index (Phi) is 4.77. The molecule has 0 unspecified atom stereocenters. The fourth-order valence-electron chi connectivity index (χ4n) is 2.82. The maximum Gasteiger partial charge on any atom is 0.185 e. The molecule has 1 aliphatic rings. The van der Waals surface area contributed by atoms with Gasteiger partial charge in [-0.3, -0.25) is 4.79 Å². The van der Waals surface area contributed by atoms with Crippen molar-refractivity contribution in [2.45, 2.75) is 12.8 Å². The van der Waals surface area contributed by atoms with Crippen LogP contribution in [0.4, 0.5) is 5.69 Å². The summed E-state index contributed by atoms with van der Waals surface area (Å²) in [5, 5.41) is 0. The van der Waals surface area contributed by atoms with Gasteiger partial charge >= 0.3 is 0 Å². The smallest absolute Gasteiger partial charge is 0.185 e. The van der Waals surface area contributed by atoms with E-state index >= 15 is 0 Å². The van der Waals surface area contributed by atoms with Crippen LogP contribution in [0.2, 0.25) is 0 Å². The molecule has 0 saturated carbocycles. The first-order chi connectivity index (χ1) is 11.3. The number of benzene rings is 2. The second-order valence-corrected chi connectivity index (χ2v) is 5.72. The Balaban J connectivity index is 1.68. The van der Waals surface area contributed by atoms with Crippen LogP contribution in [-0.2, 0) is 0 Å². The van der Waals surface area contributed by atoms with E-state index in [2.05, 4.69) is 29.2 Å². The van der Waals surface area contributed by atoms with Gasteiger partial charge in [0.25, 0.3) is 0 Å². The molecule has 23 heavy (non-hydrogen) atoms. The minimum atomic E-state index is -0.0208. The number of hydrogen-bond donors (Lipinski definition) is 0. The number of rotatable bonds is 5. The van der Waals surface area contributed by atoms with Gasteiger partial charge in [-0.1, -0.05) is 30.3 Å². The van der Waals surface area contributed by atoms with Crippen molar-refractivity contribution in [1.82, 2.24) is 0 Å². The van der Waals surface area contributed by atoms with E-state index in [1.165, 1.54) is 18.5 Å². The van der Waals surface area contributed by atoms with Crippen LogP contribution in [-0.4, -0.2) is 26.0 Å². The average Bonchev–Trinajstić information content (AvgIpc) is 3.15. The highest BCUT2D eigenvalue weighted by Crippen LogP contribution is 2.21. The van der Waals surface area contributed by atoms with Gasteiger partial charge in [0, 0.05) is 24.3 Å². The number of methoxy groups -OCH3 is 1. The number of allylic oxidation sites excluding steroid dienone is 1. The normalized spacial score (nSPS) is 14.4. The highest BCUT2D eigenvalue weighted by molar-refractivity contribution is 6.07. The third-order valence-corrected chi connectivity index (χ3v) is 4.15. The lowest BCUT2D eigenvalue weighted by Crippen LogP contribution is -2.17. The predicted molar refractivity (Wildman–Crippen MR) is 94.2 cm³/mol. The number of carbonyl (C=O) groups excluding carboxylic acids is 1. The van der Waals surface area contributed by atoms with E-state index in [-0.39, 0.29) is 5.78 Å². The molecule has 2 aromatic carbocycles. The minimum Gasteiger partial charge on any atom is -0.497 e. The summed E-state index contributed by atoms with van der Waals surface area (Å²) in [6.07, 6.45) is 6.02. The van der Waals surface area contributed by atoms with Gasteiger partial charge in [0.05, 0.1) is 7.11 Å². The van der Waals surface area contributed by atoms with Crippen LogP contribution < -0.4 is 9.64 Å². The van der Waals surface area contributed by atoms with E-state index in [1.807, 2.05) is 18.2 Å². The highest BCUT2D eigenvalue weighted by Gasteiger charge is 2.11. The number of nitrogens with zero attached hydrogens (tertiary/aromatic N) is 1. The molecule has 3 rings (SSSR count). The van der Waals surface area contributed by atoms with Gasteiger partial charge in [-0.15, -0.1) is 0 Å². The molecule has 1 saturated heterocycles. The van der Waals surface area contributed by atoms with E-state index in [4.69, 9.17) is 4.74 Å². The number of hydrogen-bond acceptors (Lipinski definition) is 3. The van der Waals surface area contributed by atoms with E-state index < -0.39 is 0 Å². The molecule has 0 spiro atoms. The quantitative estimate of drug-likeness (QED) is 0.613. The molecule has 0 radical (unpaired) electrons. The van der Waals surface area contributed by atoms with Gasteiger partial charge in [0.15, 0.2) is 5.78 Å². The SMILES string of the molecule is COc1cccc(C(=O)/C=C/c2ccc(N3CCCC3)cc2)c1. The molecule has 1 fully saturated rings. The molecule has 3 nitrogen and oxygen atoms in total. The zero-order valence-electron chi connectivity index (χ0n) is 13.4. The monoisotopic (exact) mass is 307 g/mol.